The first-order valence-electron chi connectivity index (χ1n) is 6.64. The maximum absolute atomic E-state index is 12.7. The summed E-state index contributed by atoms with van der Waals surface area (Å²) in [6, 6.07) is 17.5. The van der Waals surface area contributed by atoms with E-state index in [-0.39, 0.29) is 5.78 Å². The Hall–Kier alpha value is -1.78. The van der Waals surface area contributed by atoms with Crippen LogP contribution in [0.5, 0.6) is 0 Å². The summed E-state index contributed by atoms with van der Waals surface area (Å²) in [5.41, 5.74) is 1.03. The molecule has 0 spiro atoms. The molecule has 0 saturated heterocycles. The van der Waals surface area contributed by atoms with Crippen LogP contribution in [0.15, 0.2) is 60.7 Å². The first-order chi connectivity index (χ1) is 10.6. The van der Waals surface area contributed by atoms with E-state index in [1.807, 2.05) is 12.1 Å². The fourth-order valence-corrected chi connectivity index (χ4v) is 2.73. The van der Waals surface area contributed by atoms with Crippen molar-refractivity contribution in [2.24, 2.45) is 0 Å². The molecular formula is C16H17O5P. The Bertz CT molecular complexity index is 649. The molecule has 2 rings (SSSR count). The Labute approximate surface area is 129 Å². The number of benzene rings is 2. The van der Waals surface area contributed by atoms with Gasteiger partial charge in [-0.25, -0.2) is 4.57 Å². The Balaban J connectivity index is 2.38. The minimum Gasteiger partial charge on any atom is -0.291 e. The highest BCUT2D eigenvalue weighted by atomic mass is 31.2. The molecule has 0 fully saturated rings. The van der Waals surface area contributed by atoms with Crippen LogP contribution < -0.4 is 0 Å². The van der Waals surface area contributed by atoms with Crippen molar-refractivity contribution in [2.75, 3.05) is 14.2 Å². The number of carbonyl (C=O) groups is 1. The second kappa shape index (κ2) is 7.47. The van der Waals surface area contributed by atoms with Gasteiger partial charge in [0.25, 0.3) is 0 Å². The van der Waals surface area contributed by atoms with Gasteiger partial charge in [0, 0.05) is 19.8 Å². The molecular weight excluding hydrogens is 303 g/mol. The van der Waals surface area contributed by atoms with Gasteiger partial charge in [-0.15, -0.1) is 0 Å². The summed E-state index contributed by atoms with van der Waals surface area (Å²) in [4.78, 5) is 12.7. The molecule has 2 aromatic carbocycles. The summed E-state index contributed by atoms with van der Waals surface area (Å²) in [6.45, 7) is 0. The highest BCUT2D eigenvalue weighted by Crippen LogP contribution is 2.52. The molecule has 0 saturated carbocycles. The van der Waals surface area contributed by atoms with E-state index in [0.717, 1.165) is 0 Å². The van der Waals surface area contributed by atoms with Gasteiger partial charge in [0.1, 0.15) is 0 Å². The zero-order valence-electron chi connectivity index (χ0n) is 12.3. The largest absolute Gasteiger partial charge is 0.475 e. The number of carbonyl (C=O) groups excluding carboxylic acids is 1. The molecule has 2 aromatic rings. The SMILES string of the molecule is COP(=O)(OC)OC(C(=O)c1ccccc1)c1ccccc1. The van der Waals surface area contributed by atoms with Crippen LogP contribution in [-0.4, -0.2) is 20.0 Å². The third-order valence-electron chi connectivity index (χ3n) is 3.08. The van der Waals surface area contributed by atoms with Gasteiger partial charge in [-0.2, -0.15) is 0 Å². The molecule has 0 aliphatic heterocycles. The second-order valence-corrected chi connectivity index (χ2v) is 6.27. The predicted molar refractivity (Wildman–Crippen MR) is 82.7 cm³/mol. The lowest BCUT2D eigenvalue weighted by Crippen LogP contribution is -2.16. The normalized spacial score (nSPS) is 12.8. The maximum Gasteiger partial charge on any atom is 0.475 e. The van der Waals surface area contributed by atoms with Crippen molar-refractivity contribution >= 4 is 13.6 Å². The van der Waals surface area contributed by atoms with E-state index in [9.17, 15) is 9.36 Å². The van der Waals surface area contributed by atoms with E-state index >= 15 is 0 Å². The van der Waals surface area contributed by atoms with Crippen molar-refractivity contribution in [1.29, 1.82) is 0 Å². The molecule has 6 heteroatoms. The van der Waals surface area contributed by atoms with Crippen molar-refractivity contribution in [3.05, 3.63) is 71.8 Å². The molecule has 0 N–H and O–H groups in total. The monoisotopic (exact) mass is 320 g/mol. The van der Waals surface area contributed by atoms with Crippen molar-refractivity contribution < 1.29 is 22.9 Å². The standard InChI is InChI=1S/C16H17O5P/c1-19-22(18,20-2)21-16(14-11-7-4-8-12-14)15(17)13-9-5-3-6-10-13/h3-12,16H,1-2H3. The van der Waals surface area contributed by atoms with Gasteiger partial charge in [0.2, 0.25) is 0 Å². The van der Waals surface area contributed by atoms with Crippen LogP contribution in [-0.2, 0) is 18.1 Å². The van der Waals surface area contributed by atoms with E-state index in [1.54, 1.807) is 48.5 Å². The summed E-state index contributed by atoms with van der Waals surface area (Å²) in [5.74, 6) is -0.318. The van der Waals surface area contributed by atoms with Gasteiger partial charge in [0.05, 0.1) is 0 Å². The molecule has 22 heavy (non-hydrogen) atoms. The van der Waals surface area contributed by atoms with Crippen LogP contribution >= 0.6 is 7.82 Å². The number of rotatable bonds is 7. The lowest BCUT2D eigenvalue weighted by atomic mass is 10.0. The highest BCUT2D eigenvalue weighted by Gasteiger charge is 2.33. The number of hydrogen-bond donors (Lipinski definition) is 0. The van der Waals surface area contributed by atoms with Crippen molar-refractivity contribution in [1.82, 2.24) is 0 Å². The van der Waals surface area contributed by atoms with E-state index in [2.05, 4.69) is 0 Å². The van der Waals surface area contributed by atoms with Gasteiger partial charge in [-0.05, 0) is 5.56 Å². The minimum atomic E-state index is -3.80. The fraction of sp³-hybridized carbons (Fsp3) is 0.188. The molecule has 0 aliphatic carbocycles. The van der Waals surface area contributed by atoms with Gasteiger partial charge < -0.3 is 0 Å². The average Bonchev–Trinajstić information content (AvgIpc) is 2.60. The van der Waals surface area contributed by atoms with E-state index in [4.69, 9.17) is 13.6 Å². The van der Waals surface area contributed by atoms with Crippen LogP contribution in [0, 0.1) is 0 Å². The van der Waals surface area contributed by atoms with E-state index in [1.165, 1.54) is 14.2 Å². The number of Topliss-reactive ketones (excluding diaryl/α,β-unsaturated/α-hetero) is 1. The quantitative estimate of drug-likeness (QED) is 0.569. The van der Waals surface area contributed by atoms with E-state index in [0.29, 0.717) is 11.1 Å². The van der Waals surface area contributed by atoms with Crippen LogP contribution in [0.2, 0.25) is 0 Å². The molecule has 1 atom stereocenters. The third-order valence-corrected chi connectivity index (χ3v) is 4.44. The van der Waals surface area contributed by atoms with Crippen LogP contribution in [0.25, 0.3) is 0 Å². The first kappa shape index (κ1) is 16.6. The van der Waals surface area contributed by atoms with Crippen LogP contribution in [0.1, 0.15) is 22.0 Å². The first-order valence-corrected chi connectivity index (χ1v) is 8.10. The Morgan fingerprint density at radius 1 is 0.909 bits per heavy atom. The molecule has 116 valence electrons. The summed E-state index contributed by atoms with van der Waals surface area (Å²) in [6.07, 6.45) is -1.07. The van der Waals surface area contributed by atoms with Gasteiger partial charge in [-0.3, -0.25) is 18.4 Å². The smallest absolute Gasteiger partial charge is 0.291 e. The molecule has 0 bridgehead atoms. The molecule has 0 amide bonds. The Morgan fingerprint density at radius 2 is 1.41 bits per heavy atom. The summed E-state index contributed by atoms with van der Waals surface area (Å²) >= 11 is 0. The molecule has 0 heterocycles. The minimum absolute atomic E-state index is 0.318. The lowest BCUT2D eigenvalue weighted by molar-refractivity contribution is 0.0657. The van der Waals surface area contributed by atoms with Gasteiger partial charge in [0.15, 0.2) is 11.9 Å². The highest BCUT2D eigenvalue weighted by molar-refractivity contribution is 7.48. The van der Waals surface area contributed by atoms with Crippen LogP contribution in [0.4, 0.5) is 0 Å². The Morgan fingerprint density at radius 3 is 1.91 bits per heavy atom. The maximum atomic E-state index is 12.7. The molecule has 1 unspecified atom stereocenters. The molecule has 0 aliphatic rings. The third kappa shape index (κ3) is 3.90. The number of phosphoric acid groups is 1. The fourth-order valence-electron chi connectivity index (χ4n) is 1.93. The van der Waals surface area contributed by atoms with Gasteiger partial charge in [-0.1, -0.05) is 60.7 Å². The zero-order valence-corrected chi connectivity index (χ0v) is 13.2. The molecule has 5 nitrogen and oxygen atoms in total. The summed E-state index contributed by atoms with van der Waals surface area (Å²) < 4.78 is 27.2. The van der Waals surface area contributed by atoms with Crippen molar-refractivity contribution in [3.63, 3.8) is 0 Å². The topological polar surface area (TPSA) is 61.8 Å². The number of ketones is 1. The second-order valence-electron chi connectivity index (χ2n) is 4.44. The summed E-state index contributed by atoms with van der Waals surface area (Å²) in [7, 11) is -1.38. The van der Waals surface area contributed by atoms with Crippen molar-refractivity contribution in [2.45, 2.75) is 6.10 Å². The molecule has 0 aromatic heterocycles. The lowest BCUT2D eigenvalue weighted by Gasteiger charge is -2.21. The predicted octanol–water partition coefficient (Wildman–Crippen LogP) is 4.03. The number of phosphoric ester groups is 1. The van der Waals surface area contributed by atoms with Gasteiger partial charge >= 0.3 is 7.82 Å². The summed E-state index contributed by atoms with van der Waals surface area (Å²) in [5, 5.41) is 0. The zero-order chi connectivity index (χ0) is 16.0. The molecule has 0 radical (unpaired) electrons. The van der Waals surface area contributed by atoms with Crippen LogP contribution in [0.3, 0.4) is 0 Å². The average molecular weight is 320 g/mol. The van der Waals surface area contributed by atoms with Crippen molar-refractivity contribution in [3.8, 4) is 0 Å². The van der Waals surface area contributed by atoms with E-state index < -0.39 is 13.9 Å². The number of hydrogen-bond acceptors (Lipinski definition) is 5. The Kier molecular flexibility index (Phi) is 5.63.